The molecule has 2 N–H and O–H groups in total. The van der Waals surface area contributed by atoms with Crippen LogP contribution in [-0.4, -0.2) is 55.1 Å². The minimum absolute atomic E-state index is 0.00700. The first-order valence-corrected chi connectivity index (χ1v) is 14.3. The van der Waals surface area contributed by atoms with Crippen LogP contribution in [0.4, 0.5) is 4.39 Å². The van der Waals surface area contributed by atoms with Crippen molar-refractivity contribution in [1.29, 1.82) is 0 Å². The first kappa shape index (κ1) is 29.6. The van der Waals surface area contributed by atoms with Gasteiger partial charge in [-0.25, -0.2) is 4.39 Å². The number of piperidine rings is 1. The molecule has 0 bridgehead atoms. The second kappa shape index (κ2) is 14.2. The van der Waals surface area contributed by atoms with Crippen molar-refractivity contribution in [2.75, 3.05) is 26.3 Å². The highest BCUT2D eigenvalue weighted by Gasteiger charge is 2.42. The highest BCUT2D eigenvalue weighted by molar-refractivity contribution is 5.90. The summed E-state index contributed by atoms with van der Waals surface area (Å²) >= 11 is 0. The molecule has 2 fully saturated rings. The third-order valence-corrected chi connectivity index (χ3v) is 7.84. The highest BCUT2D eigenvalue weighted by atomic mass is 19.1. The van der Waals surface area contributed by atoms with E-state index in [1.165, 1.54) is 6.07 Å². The van der Waals surface area contributed by atoms with Crippen molar-refractivity contribution in [3.63, 3.8) is 0 Å². The molecule has 2 atom stereocenters. The van der Waals surface area contributed by atoms with Crippen LogP contribution in [0.5, 0.6) is 0 Å². The topological polar surface area (TPSA) is 70.7 Å². The van der Waals surface area contributed by atoms with Crippen molar-refractivity contribution < 1.29 is 18.7 Å². The fourth-order valence-corrected chi connectivity index (χ4v) is 5.72. The molecular formula is C30H48FN3O3. The van der Waals surface area contributed by atoms with E-state index in [1.807, 2.05) is 12.1 Å². The van der Waals surface area contributed by atoms with Gasteiger partial charge in [0.05, 0.1) is 18.1 Å². The van der Waals surface area contributed by atoms with Gasteiger partial charge in [-0.2, -0.15) is 0 Å². The molecule has 2 heterocycles. The normalized spacial score (nSPS) is 24.6. The predicted molar refractivity (Wildman–Crippen MR) is 145 cm³/mol. The van der Waals surface area contributed by atoms with E-state index in [-0.39, 0.29) is 29.6 Å². The summed E-state index contributed by atoms with van der Waals surface area (Å²) in [5, 5.41) is 6.38. The molecule has 1 aromatic rings. The molecule has 0 aliphatic carbocycles. The SMILES string of the molecule is CC(C)C[C@H]1COCCCCCC2(CCN(Cc3ccccc3F)CC2)C(=O)N[C@@H](CC(C)C)C(=O)N1. The Morgan fingerprint density at radius 3 is 2.35 bits per heavy atom. The Kier molecular flexibility index (Phi) is 11.4. The first-order valence-electron chi connectivity index (χ1n) is 14.3. The second-order valence-electron chi connectivity index (χ2n) is 12.0. The van der Waals surface area contributed by atoms with E-state index in [2.05, 4.69) is 43.2 Å². The average molecular weight is 518 g/mol. The van der Waals surface area contributed by atoms with Crippen molar-refractivity contribution in [2.45, 2.75) is 97.7 Å². The molecule has 6 nitrogen and oxygen atoms in total. The predicted octanol–water partition coefficient (Wildman–Crippen LogP) is 5.06. The molecule has 208 valence electrons. The number of hydrogen-bond donors (Lipinski definition) is 2. The number of benzene rings is 1. The summed E-state index contributed by atoms with van der Waals surface area (Å²) in [5.41, 5.74) is 0.197. The van der Waals surface area contributed by atoms with Gasteiger partial charge in [-0.3, -0.25) is 14.5 Å². The van der Waals surface area contributed by atoms with Gasteiger partial charge in [-0.15, -0.1) is 0 Å². The van der Waals surface area contributed by atoms with Crippen molar-refractivity contribution >= 4 is 11.8 Å². The number of rotatable bonds is 6. The van der Waals surface area contributed by atoms with Crippen molar-refractivity contribution in [2.24, 2.45) is 17.3 Å². The maximum absolute atomic E-state index is 14.2. The van der Waals surface area contributed by atoms with Crippen molar-refractivity contribution in [1.82, 2.24) is 15.5 Å². The molecule has 0 aromatic heterocycles. The van der Waals surface area contributed by atoms with Crippen LogP contribution in [0.25, 0.3) is 0 Å². The summed E-state index contributed by atoms with van der Waals surface area (Å²) in [6.45, 7) is 11.7. The Bertz CT molecular complexity index is 867. The molecular weight excluding hydrogens is 469 g/mol. The molecule has 7 heteroatoms. The Hall–Kier alpha value is -1.99. The number of hydrogen-bond acceptors (Lipinski definition) is 4. The number of nitrogens with zero attached hydrogens (tertiary/aromatic N) is 1. The number of carbonyl (C=O) groups is 2. The minimum Gasteiger partial charge on any atom is -0.379 e. The zero-order chi connectivity index (χ0) is 26.8. The van der Waals surface area contributed by atoms with Gasteiger partial charge < -0.3 is 15.4 Å². The summed E-state index contributed by atoms with van der Waals surface area (Å²) in [6, 6.07) is 6.29. The lowest BCUT2D eigenvalue weighted by atomic mass is 9.73. The molecule has 0 unspecified atom stereocenters. The summed E-state index contributed by atoms with van der Waals surface area (Å²) in [6.07, 6.45) is 6.61. The van der Waals surface area contributed by atoms with Crippen LogP contribution in [-0.2, 0) is 20.9 Å². The van der Waals surface area contributed by atoms with E-state index >= 15 is 0 Å². The first-order chi connectivity index (χ1) is 17.7. The lowest BCUT2D eigenvalue weighted by molar-refractivity contribution is -0.139. The molecule has 1 spiro atoms. The number of likely N-dealkylation sites (tertiary alicyclic amines) is 1. The van der Waals surface area contributed by atoms with Gasteiger partial charge in [-0.05, 0) is 69.5 Å². The quantitative estimate of drug-likeness (QED) is 0.553. The average Bonchev–Trinajstić information content (AvgIpc) is 2.84. The molecule has 37 heavy (non-hydrogen) atoms. The largest absolute Gasteiger partial charge is 0.379 e. The molecule has 2 aliphatic rings. The van der Waals surface area contributed by atoms with E-state index in [1.54, 1.807) is 6.07 Å². The van der Waals surface area contributed by atoms with E-state index < -0.39 is 11.5 Å². The highest BCUT2D eigenvalue weighted by Crippen LogP contribution is 2.38. The van der Waals surface area contributed by atoms with Crippen LogP contribution in [0.3, 0.4) is 0 Å². The van der Waals surface area contributed by atoms with Gasteiger partial charge in [0.2, 0.25) is 11.8 Å². The number of amides is 2. The van der Waals surface area contributed by atoms with Crippen LogP contribution in [0, 0.1) is 23.1 Å². The van der Waals surface area contributed by atoms with Gasteiger partial charge in [0.15, 0.2) is 0 Å². The maximum atomic E-state index is 14.2. The number of nitrogens with one attached hydrogen (secondary N) is 2. The van der Waals surface area contributed by atoms with Crippen LogP contribution in [0.2, 0.25) is 0 Å². The second-order valence-corrected chi connectivity index (χ2v) is 12.0. The monoisotopic (exact) mass is 517 g/mol. The number of halogens is 1. The molecule has 2 aliphatic heterocycles. The Morgan fingerprint density at radius 2 is 1.68 bits per heavy atom. The number of ether oxygens (including phenoxy) is 1. The van der Waals surface area contributed by atoms with Gasteiger partial charge in [0.25, 0.3) is 0 Å². The van der Waals surface area contributed by atoms with Crippen molar-refractivity contribution in [3.05, 3.63) is 35.6 Å². The molecule has 1 aromatic carbocycles. The van der Waals surface area contributed by atoms with E-state index in [9.17, 15) is 14.0 Å². The van der Waals surface area contributed by atoms with Crippen LogP contribution >= 0.6 is 0 Å². The van der Waals surface area contributed by atoms with E-state index in [4.69, 9.17) is 4.74 Å². The number of carbonyl (C=O) groups excluding carboxylic acids is 2. The lowest BCUT2D eigenvalue weighted by Crippen LogP contribution is -2.56. The molecule has 2 saturated heterocycles. The maximum Gasteiger partial charge on any atom is 0.242 e. The Labute approximate surface area is 223 Å². The molecule has 0 saturated carbocycles. The zero-order valence-electron chi connectivity index (χ0n) is 23.4. The Balaban J connectivity index is 1.74. The molecule has 0 radical (unpaired) electrons. The smallest absolute Gasteiger partial charge is 0.242 e. The third-order valence-electron chi connectivity index (χ3n) is 7.84. The molecule has 2 amide bonds. The summed E-state index contributed by atoms with van der Waals surface area (Å²) < 4.78 is 20.2. The summed E-state index contributed by atoms with van der Waals surface area (Å²) in [5.74, 6) is 0.421. The fraction of sp³-hybridized carbons (Fsp3) is 0.733. The summed E-state index contributed by atoms with van der Waals surface area (Å²) in [4.78, 5) is 29.5. The van der Waals surface area contributed by atoms with Crippen LogP contribution in [0.1, 0.15) is 84.6 Å². The van der Waals surface area contributed by atoms with Crippen LogP contribution < -0.4 is 10.6 Å². The van der Waals surface area contributed by atoms with E-state index in [0.717, 1.165) is 58.0 Å². The summed E-state index contributed by atoms with van der Waals surface area (Å²) in [7, 11) is 0. The molecule has 3 rings (SSSR count). The fourth-order valence-electron chi connectivity index (χ4n) is 5.72. The van der Waals surface area contributed by atoms with E-state index in [0.29, 0.717) is 37.7 Å². The zero-order valence-corrected chi connectivity index (χ0v) is 23.4. The van der Waals surface area contributed by atoms with Gasteiger partial charge >= 0.3 is 0 Å². The van der Waals surface area contributed by atoms with Gasteiger partial charge in [-0.1, -0.05) is 58.7 Å². The lowest BCUT2D eigenvalue weighted by Gasteiger charge is -2.42. The standard InChI is InChI=1S/C30H48FN3O3/c1-22(2)18-25-21-37-17-9-5-8-12-30(29(36)33-27(19-23(3)4)28(35)32-25)13-15-34(16-14-30)20-24-10-6-7-11-26(24)31/h6-7,10-11,22-23,25,27H,5,8-9,12-21H2,1-4H3,(H,32,35)(H,33,36)/t25-,27-/m0/s1. The van der Waals surface area contributed by atoms with Gasteiger partial charge in [0, 0.05) is 18.7 Å². The third kappa shape index (κ3) is 9.06. The minimum atomic E-state index is -0.557. The Morgan fingerprint density at radius 1 is 0.973 bits per heavy atom. The van der Waals surface area contributed by atoms with Crippen molar-refractivity contribution in [3.8, 4) is 0 Å². The van der Waals surface area contributed by atoms with Gasteiger partial charge in [0.1, 0.15) is 11.9 Å². The van der Waals surface area contributed by atoms with Crippen LogP contribution in [0.15, 0.2) is 24.3 Å².